The van der Waals surface area contributed by atoms with Gasteiger partial charge in [-0.15, -0.1) is 0 Å². The molecule has 0 unspecified atom stereocenters. The zero-order chi connectivity index (χ0) is 13.9. The largest absolute Gasteiger partial charge is 0.353 e. The molecule has 0 aromatic heterocycles. The van der Waals surface area contributed by atoms with Crippen LogP contribution in [-0.4, -0.2) is 29.9 Å². The average Bonchev–Trinajstić information content (AvgIpc) is 3.28. The maximum atomic E-state index is 12.9. The highest BCUT2D eigenvalue weighted by atomic mass is 19.1. The van der Waals surface area contributed by atoms with Crippen molar-refractivity contribution in [3.8, 4) is 0 Å². The first kappa shape index (κ1) is 13.6. The smallest absolute Gasteiger partial charge is 0.223 e. The molecule has 1 aliphatic heterocycles. The molecule has 1 amide bonds. The summed E-state index contributed by atoms with van der Waals surface area (Å²) in [6.07, 6.45) is 4.16. The maximum Gasteiger partial charge on any atom is 0.223 e. The van der Waals surface area contributed by atoms with Gasteiger partial charge in [0.25, 0.3) is 0 Å². The molecule has 3 nitrogen and oxygen atoms in total. The lowest BCUT2D eigenvalue weighted by Gasteiger charge is -2.32. The number of hydrogen-bond donors (Lipinski definition) is 1. The van der Waals surface area contributed by atoms with Crippen LogP contribution in [0.25, 0.3) is 0 Å². The van der Waals surface area contributed by atoms with Crippen LogP contribution in [0.15, 0.2) is 24.3 Å². The minimum atomic E-state index is -0.185. The molecule has 2 aliphatic rings. The van der Waals surface area contributed by atoms with Crippen LogP contribution in [0.2, 0.25) is 0 Å². The number of halogens is 1. The van der Waals surface area contributed by atoms with E-state index in [4.69, 9.17) is 0 Å². The molecule has 108 valence electrons. The normalized spacial score (nSPS) is 20.9. The van der Waals surface area contributed by atoms with Crippen molar-refractivity contribution < 1.29 is 9.18 Å². The van der Waals surface area contributed by atoms with Crippen LogP contribution in [0, 0.1) is 11.7 Å². The summed E-state index contributed by atoms with van der Waals surface area (Å²) in [5, 5.41) is 3.16. The SMILES string of the molecule is O=C(NC1CCN(Cc2ccc(F)cc2)CC1)C1CC1. The second-order valence-electron chi connectivity index (χ2n) is 5.96. The van der Waals surface area contributed by atoms with Crippen molar-refractivity contribution in [1.29, 1.82) is 0 Å². The molecule has 4 heteroatoms. The Morgan fingerprint density at radius 1 is 1.15 bits per heavy atom. The topological polar surface area (TPSA) is 32.3 Å². The van der Waals surface area contributed by atoms with Gasteiger partial charge in [-0.2, -0.15) is 0 Å². The van der Waals surface area contributed by atoms with Crippen molar-refractivity contribution in [1.82, 2.24) is 10.2 Å². The predicted molar refractivity (Wildman–Crippen MR) is 75.6 cm³/mol. The molecule has 1 aliphatic carbocycles. The van der Waals surface area contributed by atoms with Crippen LogP contribution in [-0.2, 0) is 11.3 Å². The molecule has 0 spiro atoms. The van der Waals surface area contributed by atoms with Gasteiger partial charge in [0, 0.05) is 31.6 Å². The predicted octanol–water partition coefficient (Wildman–Crippen LogP) is 2.32. The molecule has 1 saturated heterocycles. The highest BCUT2D eigenvalue weighted by molar-refractivity contribution is 5.81. The zero-order valence-electron chi connectivity index (χ0n) is 11.6. The summed E-state index contributed by atoms with van der Waals surface area (Å²) in [5.41, 5.74) is 1.15. The van der Waals surface area contributed by atoms with E-state index in [-0.39, 0.29) is 11.7 Å². The summed E-state index contributed by atoms with van der Waals surface area (Å²) in [5.74, 6) is 0.365. The Morgan fingerprint density at radius 2 is 1.80 bits per heavy atom. The molecule has 0 bridgehead atoms. The van der Waals surface area contributed by atoms with Gasteiger partial charge in [-0.25, -0.2) is 4.39 Å². The van der Waals surface area contributed by atoms with Crippen molar-refractivity contribution in [2.24, 2.45) is 5.92 Å². The van der Waals surface area contributed by atoms with Crippen LogP contribution in [0.4, 0.5) is 4.39 Å². The van der Waals surface area contributed by atoms with E-state index in [9.17, 15) is 9.18 Å². The van der Waals surface area contributed by atoms with E-state index < -0.39 is 0 Å². The highest BCUT2D eigenvalue weighted by Gasteiger charge is 2.31. The van der Waals surface area contributed by atoms with E-state index >= 15 is 0 Å². The number of likely N-dealkylation sites (tertiary alicyclic amines) is 1. The number of carbonyl (C=O) groups is 1. The van der Waals surface area contributed by atoms with E-state index in [0.29, 0.717) is 12.0 Å². The molecule has 1 N–H and O–H groups in total. The number of rotatable bonds is 4. The highest BCUT2D eigenvalue weighted by Crippen LogP contribution is 2.29. The lowest BCUT2D eigenvalue weighted by Crippen LogP contribution is -2.44. The Kier molecular flexibility index (Phi) is 4.01. The minimum Gasteiger partial charge on any atom is -0.353 e. The van der Waals surface area contributed by atoms with E-state index in [0.717, 1.165) is 50.9 Å². The Labute approximate surface area is 119 Å². The Bertz CT molecular complexity index is 462. The number of piperidine rings is 1. The molecule has 0 atom stereocenters. The van der Waals surface area contributed by atoms with Gasteiger partial charge in [0.2, 0.25) is 5.91 Å². The first-order chi connectivity index (χ1) is 9.70. The molecule has 1 heterocycles. The quantitative estimate of drug-likeness (QED) is 0.915. The molecule has 1 aromatic carbocycles. The van der Waals surface area contributed by atoms with Gasteiger partial charge in [-0.05, 0) is 43.4 Å². The lowest BCUT2D eigenvalue weighted by atomic mass is 10.0. The standard InChI is InChI=1S/C16H21FN2O/c17-14-5-1-12(2-6-14)11-19-9-7-15(8-10-19)18-16(20)13-3-4-13/h1-2,5-6,13,15H,3-4,7-11H2,(H,18,20). The second-order valence-corrected chi connectivity index (χ2v) is 5.96. The summed E-state index contributed by atoms with van der Waals surface area (Å²) in [6.45, 7) is 2.85. The Hall–Kier alpha value is -1.42. The molecule has 1 aromatic rings. The third-order valence-corrected chi connectivity index (χ3v) is 4.20. The molecule has 1 saturated carbocycles. The number of amides is 1. The van der Waals surface area contributed by atoms with Gasteiger partial charge in [0.15, 0.2) is 0 Å². The fourth-order valence-corrected chi connectivity index (χ4v) is 2.75. The number of hydrogen-bond acceptors (Lipinski definition) is 2. The van der Waals surface area contributed by atoms with Crippen molar-refractivity contribution in [2.75, 3.05) is 13.1 Å². The first-order valence-corrected chi connectivity index (χ1v) is 7.48. The number of benzene rings is 1. The van der Waals surface area contributed by atoms with Crippen LogP contribution in [0.3, 0.4) is 0 Å². The first-order valence-electron chi connectivity index (χ1n) is 7.48. The Morgan fingerprint density at radius 3 is 2.40 bits per heavy atom. The summed E-state index contributed by atoms with van der Waals surface area (Å²) < 4.78 is 12.9. The molecule has 2 fully saturated rings. The number of carbonyl (C=O) groups excluding carboxylic acids is 1. The fourth-order valence-electron chi connectivity index (χ4n) is 2.75. The molecule has 20 heavy (non-hydrogen) atoms. The van der Waals surface area contributed by atoms with E-state index in [2.05, 4.69) is 10.2 Å². The van der Waals surface area contributed by atoms with Crippen molar-refractivity contribution >= 4 is 5.91 Å². The molecular weight excluding hydrogens is 255 g/mol. The molecular formula is C16H21FN2O. The van der Waals surface area contributed by atoms with Crippen LogP contribution in [0.1, 0.15) is 31.2 Å². The van der Waals surface area contributed by atoms with Gasteiger partial charge < -0.3 is 5.32 Å². The van der Waals surface area contributed by atoms with Crippen LogP contribution >= 0.6 is 0 Å². The summed E-state index contributed by atoms with van der Waals surface area (Å²) in [6, 6.07) is 7.05. The second kappa shape index (κ2) is 5.92. The molecule has 0 radical (unpaired) electrons. The summed E-state index contributed by atoms with van der Waals surface area (Å²) >= 11 is 0. The van der Waals surface area contributed by atoms with Crippen LogP contribution in [0.5, 0.6) is 0 Å². The van der Waals surface area contributed by atoms with Gasteiger partial charge in [-0.3, -0.25) is 9.69 Å². The van der Waals surface area contributed by atoms with Crippen molar-refractivity contribution in [3.05, 3.63) is 35.6 Å². The van der Waals surface area contributed by atoms with Gasteiger partial charge >= 0.3 is 0 Å². The lowest BCUT2D eigenvalue weighted by molar-refractivity contribution is -0.123. The maximum absolute atomic E-state index is 12.9. The van der Waals surface area contributed by atoms with Gasteiger partial charge in [0.05, 0.1) is 0 Å². The summed E-state index contributed by atoms with van der Waals surface area (Å²) in [4.78, 5) is 14.1. The molecule has 3 rings (SSSR count). The third kappa shape index (κ3) is 3.57. The van der Waals surface area contributed by atoms with Gasteiger partial charge in [0.1, 0.15) is 5.82 Å². The van der Waals surface area contributed by atoms with Crippen molar-refractivity contribution in [2.45, 2.75) is 38.3 Å². The van der Waals surface area contributed by atoms with E-state index in [1.165, 1.54) is 12.1 Å². The Balaban J connectivity index is 1.43. The third-order valence-electron chi connectivity index (χ3n) is 4.20. The number of nitrogens with zero attached hydrogens (tertiary/aromatic N) is 1. The minimum absolute atomic E-state index is 0.185. The fraction of sp³-hybridized carbons (Fsp3) is 0.562. The van der Waals surface area contributed by atoms with Crippen LogP contribution < -0.4 is 5.32 Å². The van der Waals surface area contributed by atoms with Gasteiger partial charge in [-0.1, -0.05) is 12.1 Å². The average molecular weight is 276 g/mol. The zero-order valence-corrected chi connectivity index (χ0v) is 11.6. The monoisotopic (exact) mass is 276 g/mol. The van der Waals surface area contributed by atoms with E-state index in [1.807, 2.05) is 12.1 Å². The summed E-state index contributed by atoms with van der Waals surface area (Å²) in [7, 11) is 0. The van der Waals surface area contributed by atoms with Crippen molar-refractivity contribution in [3.63, 3.8) is 0 Å². The number of nitrogens with one attached hydrogen (secondary N) is 1. The van der Waals surface area contributed by atoms with E-state index in [1.54, 1.807) is 0 Å².